The van der Waals surface area contributed by atoms with Crippen LogP contribution in [0.25, 0.3) is 0 Å². The van der Waals surface area contributed by atoms with Crippen LogP contribution < -0.4 is 10.5 Å². The number of methoxy groups -OCH3 is 1. The average Bonchev–Trinajstić information content (AvgIpc) is 2.46. The Balaban J connectivity index is 2.44. The molecule has 0 aliphatic heterocycles. The van der Waals surface area contributed by atoms with E-state index in [1.807, 2.05) is 24.3 Å². The van der Waals surface area contributed by atoms with E-state index in [9.17, 15) is 0 Å². The molecule has 3 nitrogen and oxygen atoms in total. The van der Waals surface area contributed by atoms with E-state index in [4.69, 9.17) is 10.5 Å². The van der Waals surface area contributed by atoms with Gasteiger partial charge in [-0.15, -0.1) is 0 Å². The van der Waals surface area contributed by atoms with Crippen molar-refractivity contribution in [3.05, 3.63) is 59.4 Å². The quantitative estimate of drug-likeness (QED) is 0.896. The number of hydrogen-bond donors (Lipinski definition) is 1. The molecule has 0 amide bonds. The van der Waals surface area contributed by atoms with Crippen LogP contribution in [0.2, 0.25) is 0 Å². The maximum atomic E-state index is 6.33. The summed E-state index contributed by atoms with van der Waals surface area (Å²) in [4.78, 5) is 4.35. The molecule has 2 rings (SSSR count). The lowest BCUT2D eigenvalue weighted by molar-refractivity contribution is 0.404. The maximum absolute atomic E-state index is 6.33. The van der Waals surface area contributed by atoms with Gasteiger partial charge < -0.3 is 10.5 Å². The zero-order valence-electron chi connectivity index (χ0n) is 10.8. The number of benzene rings is 1. The summed E-state index contributed by atoms with van der Waals surface area (Å²) >= 11 is 0. The smallest absolute Gasteiger partial charge is 0.142 e. The second-order valence-electron chi connectivity index (χ2n) is 4.12. The molecular formula is C15H18N2O. The summed E-state index contributed by atoms with van der Waals surface area (Å²) in [5, 5.41) is 0. The first-order valence-corrected chi connectivity index (χ1v) is 6.10. The van der Waals surface area contributed by atoms with Crippen LogP contribution in [-0.4, -0.2) is 12.1 Å². The fraction of sp³-hybridized carbons (Fsp3) is 0.267. The fourth-order valence-corrected chi connectivity index (χ4v) is 2.12. The van der Waals surface area contributed by atoms with Crippen molar-refractivity contribution in [1.82, 2.24) is 4.98 Å². The summed E-state index contributed by atoms with van der Waals surface area (Å²) in [6.45, 7) is 2.13. The molecule has 0 radical (unpaired) electrons. The highest BCUT2D eigenvalue weighted by molar-refractivity contribution is 5.40. The van der Waals surface area contributed by atoms with E-state index in [0.717, 1.165) is 23.4 Å². The third-order valence-electron chi connectivity index (χ3n) is 3.09. The average molecular weight is 242 g/mol. The van der Waals surface area contributed by atoms with Crippen LogP contribution in [-0.2, 0) is 6.42 Å². The normalized spacial score (nSPS) is 12.2. The molecule has 0 aliphatic carbocycles. The number of ether oxygens (including phenoxy) is 1. The number of aromatic nitrogens is 1. The summed E-state index contributed by atoms with van der Waals surface area (Å²) in [6, 6.07) is 11.7. The number of nitrogens with two attached hydrogens (primary N) is 1. The minimum absolute atomic E-state index is 0.253. The Hall–Kier alpha value is -1.87. The molecule has 1 heterocycles. The molecule has 0 aliphatic rings. The largest absolute Gasteiger partial charge is 0.495 e. The second-order valence-corrected chi connectivity index (χ2v) is 4.12. The lowest BCUT2D eigenvalue weighted by Crippen LogP contribution is -2.16. The SMILES string of the molecule is CCc1ccccc1C(N)c1ncccc1OC. The van der Waals surface area contributed by atoms with Crippen LogP contribution in [0, 0.1) is 0 Å². The van der Waals surface area contributed by atoms with Gasteiger partial charge in [-0.3, -0.25) is 4.98 Å². The molecule has 1 aromatic carbocycles. The molecule has 2 aromatic rings. The van der Waals surface area contributed by atoms with Crippen molar-refractivity contribution in [2.75, 3.05) is 7.11 Å². The van der Waals surface area contributed by atoms with Crippen molar-refractivity contribution in [1.29, 1.82) is 0 Å². The molecule has 0 bridgehead atoms. The Morgan fingerprint density at radius 3 is 2.72 bits per heavy atom. The topological polar surface area (TPSA) is 48.1 Å². The van der Waals surface area contributed by atoms with Gasteiger partial charge in [0.05, 0.1) is 13.2 Å². The van der Waals surface area contributed by atoms with Gasteiger partial charge in [-0.05, 0) is 29.7 Å². The molecule has 1 aromatic heterocycles. The standard InChI is InChI=1S/C15H18N2O/c1-3-11-7-4-5-8-12(11)14(16)15-13(18-2)9-6-10-17-15/h4-10,14H,3,16H2,1-2H3. The van der Waals surface area contributed by atoms with Gasteiger partial charge in [-0.2, -0.15) is 0 Å². The first-order chi connectivity index (χ1) is 8.77. The number of nitrogens with zero attached hydrogens (tertiary/aromatic N) is 1. The Kier molecular flexibility index (Phi) is 3.95. The Labute approximate surface area is 108 Å². The van der Waals surface area contributed by atoms with Crippen LogP contribution in [0.3, 0.4) is 0 Å². The molecule has 1 unspecified atom stereocenters. The highest BCUT2D eigenvalue weighted by Crippen LogP contribution is 2.27. The van der Waals surface area contributed by atoms with Gasteiger partial charge in [0.1, 0.15) is 11.4 Å². The number of pyridine rings is 1. The Morgan fingerprint density at radius 1 is 1.22 bits per heavy atom. The van der Waals surface area contributed by atoms with Crippen molar-refractivity contribution in [3.63, 3.8) is 0 Å². The minimum Gasteiger partial charge on any atom is -0.495 e. The van der Waals surface area contributed by atoms with Crippen LogP contribution in [0.4, 0.5) is 0 Å². The van der Waals surface area contributed by atoms with E-state index in [-0.39, 0.29) is 6.04 Å². The van der Waals surface area contributed by atoms with Crippen LogP contribution in [0.1, 0.15) is 29.8 Å². The van der Waals surface area contributed by atoms with Crippen molar-refractivity contribution in [3.8, 4) is 5.75 Å². The highest BCUT2D eigenvalue weighted by Gasteiger charge is 2.17. The number of aryl methyl sites for hydroxylation is 1. The monoisotopic (exact) mass is 242 g/mol. The third kappa shape index (κ3) is 2.36. The summed E-state index contributed by atoms with van der Waals surface area (Å²) < 4.78 is 5.32. The van der Waals surface area contributed by atoms with Gasteiger partial charge in [-0.1, -0.05) is 31.2 Å². The van der Waals surface area contributed by atoms with Crippen molar-refractivity contribution in [2.45, 2.75) is 19.4 Å². The van der Waals surface area contributed by atoms with Gasteiger partial charge in [0.25, 0.3) is 0 Å². The molecule has 2 N–H and O–H groups in total. The lowest BCUT2D eigenvalue weighted by atomic mass is 9.96. The first-order valence-electron chi connectivity index (χ1n) is 6.10. The molecule has 0 fully saturated rings. The zero-order chi connectivity index (χ0) is 13.0. The maximum Gasteiger partial charge on any atom is 0.142 e. The summed E-state index contributed by atoms with van der Waals surface area (Å²) in [5.74, 6) is 0.732. The third-order valence-corrected chi connectivity index (χ3v) is 3.09. The highest BCUT2D eigenvalue weighted by atomic mass is 16.5. The molecule has 18 heavy (non-hydrogen) atoms. The van der Waals surface area contributed by atoms with E-state index in [1.165, 1.54) is 5.56 Å². The molecule has 1 atom stereocenters. The van der Waals surface area contributed by atoms with Crippen LogP contribution in [0.5, 0.6) is 5.75 Å². The molecule has 0 saturated heterocycles. The first kappa shape index (κ1) is 12.6. The summed E-state index contributed by atoms with van der Waals surface area (Å²) in [6.07, 6.45) is 2.70. The summed E-state index contributed by atoms with van der Waals surface area (Å²) in [7, 11) is 1.64. The second kappa shape index (κ2) is 5.65. The number of hydrogen-bond acceptors (Lipinski definition) is 3. The predicted octanol–water partition coefficient (Wildman–Crippen LogP) is 2.70. The van der Waals surface area contributed by atoms with Crippen LogP contribution in [0.15, 0.2) is 42.6 Å². The fourth-order valence-electron chi connectivity index (χ4n) is 2.12. The molecule has 3 heteroatoms. The van der Waals surface area contributed by atoms with E-state index in [0.29, 0.717) is 0 Å². The van der Waals surface area contributed by atoms with Gasteiger partial charge >= 0.3 is 0 Å². The molecular weight excluding hydrogens is 224 g/mol. The van der Waals surface area contributed by atoms with E-state index in [1.54, 1.807) is 13.3 Å². The Morgan fingerprint density at radius 2 is 2.00 bits per heavy atom. The molecule has 94 valence electrons. The van der Waals surface area contributed by atoms with E-state index < -0.39 is 0 Å². The summed E-state index contributed by atoms with van der Waals surface area (Å²) in [5.41, 5.74) is 9.46. The zero-order valence-corrected chi connectivity index (χ0v) is 10.8. The van der Waals surface area contributed by atoms with Crippen LogP contribution >= 0.6 is 0 Å². The van der Waals surface area contributed by atoms with E-state index >= 15 is 0 Å². The molecule has 0 saturated carbocycles. The van der Waals surface area contributed by atoms with Gasteiger partial charge in [-0.25, -0.2) is 0 Å². The van der Waals surface area contributed by atoms with Crippen molar-refractivity contribution < 1.29 is 4.74 Å². The molecule has 0 spiro atoms. The lowest BCUT2D eigenvalue weighted by Gasteiger charge is -2.17. The van der Waals surface area contributed by atoms with Gasteiger partial charge in [0, 0.05) is 6.20 Å². The predicted molar refractivity (Wildman–Crippen MR) is 72.6 cm³/mol. The Bertz CT molecular complexity index is 478. The minimum atomic E-state index is -0.253. The van der Waals surface area contributed by atoms with Crippen molar-refractivity contribution >= 4 is 0 Å². The number of rotatable bonds is 4. The van der Waals surface area contributed by atoms with Crippen molar-refractivity contribution in [2.24, 2.45) is 5.73 Å². The van der Waals surface area contributed by atoms with Gasteiger partial charge in [0.2, 0.25) is 0 Å². The van der Waals surface area contributed by atoms with Gasteiger partial charge in [0.15, 0.2) is 0 Å². The van der Waals surface area contributed by atoms with E-state index in [2.05, 4.69) is 24.0 Å².